The third-order valence-corrected chi connectivity index (χ3v) is 3.40. The van der Waals surface area contributed by atoms with E-state index in [0.717, 1.165) is 16.7 Å². The smallest absolute Gasteiger partial charge is 0.0652 e. The number of benzene rings is 2. The predicted molar refractivity (Wildman–Crippen MR) is 77.9 cm³/mol. The number of rotatable bonds is 3. The average molecular weight is 331 g/mol. The Kier molecular flexibility index (Phi) is 4.32. The molecular weight excluding hydrogens is 321 g/mol. The second kappa shape index (κ2) is 5.76. The molecule has 0 fully saturated rings. The van der Waals surface area contributed by atoms with E-state index in [9.17, 15) is 0 Å². The number of nitrogens with one attached hydrogen (secondary N) is 1. The van der Waals surface area contributed by atoms with Gasteiger partial charge < -0.3 is 5.32 Å². The minimum absolute atomic E-state index is 0.634. The summed E-state index contributed by atoms with van der Waals surface area (Å²) in [4.78, 5) is 0. The van der Waals surface area contributed by atoms with Crippen molar-refractivity contribution in [1.82, 2.24) is 0 Å². The molecule has 2 aromatic carbocycles. The van der Waals surface area contributed by atoms with Gasteiger partial charge in [-0.15, -0.1) is 0 Å². The SMILES string of the molecule is Clc1ccc(NCc2ccc(Br)cc2)c(Cl)c1. The van der Waals surface area contributed by atoms with Gasteiger partial charge in [0.25, 0.3) is 0 Å². The fraction of sp³-hybridized carbons (Fsp3) is 0.0769. The molecule has 0 bridgehead atoms. The topological polar surface area (TPSA) is 12.0 Å². The highest BCUT2D eigenvalue weighted by molar-refractivity contribution is 9.10. The van der Waals surface area contributed by atoms with Crippen LogP contribution in [0.4, 0.5) is 5.69 Å². The monoisotopic (exact) mass is 329 g/mol. The van der Waals surface area contributed by atoms with E-state index in [1.54, 1.807) is 6.07 Å². The Morgan fingerprint density at radius 2 is 1.71 bits per heavy atom. The van der Waals surface area contributed by atoms with Crippen LogP contribution in [0.25, 0.3) is 0 Å². The van der Waals surface area contributed by atoms with E-state index in [1.807, 2.05) is 24.3 Å². The molecule has 0 aliphatic carbocycles. The Morgan fingerprint density at radius 1 is 1.00 bits per heavy atom. The molecule has 0 aliphatic heterocycles. The molecule has 0 aliphatic rings. The van der Waals surface area contributed by atoms with Gasteiger partial charge in [-0.25, -0.2) is 0 Å². The van der Waals surface area contributed by atoms with E-state index < -0.39 is 0 Å². The molecule has 17 heavy (non-hydrogen) atoms. The molecule has 4 heteroatoms. The maximum atomic E-state index is 6.07. The van der Waals surface area contributed by atoms with E-state index >= 15 is 0 Å². The Morgan fingerprint density at radius 3 is 2.35 bits per heavy atom. The first-order valence-corrected chi connectivity index (χ1v) is 6.63. The fourth-order valence-electron chi connectivity index (χ4n) is 1.43. The second-order valence-corrected chi connectivity index (χ2v) is 5.36. The van der Waals surface area contributed by atoms with Crippen LogP contribution in [0.15, 0.2) is 46.9 Å². The molecule has 0 spiro atoms. The summed E-state index contributed by atoms with van der Waals surface area (Å²) in [5.41, 5.74) is 2.08. The first kappa shape index (κ1) is 12.7. The van der Waals surface area contributed by atoms with Crippen LogP contribution in [-0.4, -0.2) is 0 Å². The largest absolute Gasteiger partial charge is 0.380 e. The summed E-state index contributed by atoms with van der Waals surface area (Å²) in [5, 5.41) is 4.55. The predicted octanol–water partition coefficient (Wildman–Crippen LogP) is 5.37. The Hall–Kier alpha value is -0.700. The molecule has 0 heterocycles. The molecule has 0 saturated heterocycles. The summed E-state index contributed by atoms with van der Waals surface area (Å²) >= 11 is 15.3. The first-order valence-electron chi connectivity index (χ1n) is 5.08. The zero-order valence-electron chi connectivity index (χ0n) is 8.88. The molecule has 0 radical (unpaired) electrons. The number of anilines is 1. The summed E-state index contributed by atoms with van der Waals surface area (Å²) in [6.45, 7) is 0.731. The maximum absolute atomic E-state index is 6.07. The van der Waals surface area contributed by atoms with Gasteiger partial charge in [0.05, 0.1) is 10.7 Å². The fourth-order valence-corrected chi connectivity index (χ4v) is 2.17. The maximum Gasteiger partial charge on any atom is 0.0652 e. The molecule has 2 rings (SSSR count). The lowest BCUT2D eigenvalue weighted by Crippen LogP contribution is -1.99. The van der Waals surface area contributed by atoms with Crippen molar-refractivity contribution < 1.29 is 0 Å². The van der Waals surface area contributed by atoms with Crippen molar-refractivity contribution in [2.45, 2.75) is 6.54 Å². The third kappa shape index (κ3) is 3.63. The molecule has 0 aromatic heterocycles. The molecule has 1 nitrogen and oxygen atoms in total. The highest BCUT2D eigenvalue weighted by Gasteiger charge is 2.00. The molecular formula is C13H10BrCl2N. The number of hydrogen-bond acceptors (Lipinski definition) is 1. The van der Waals surface area contributed by atoms with Gasteiger partial charge in [-0.3, -0.25) is 0 Å². The quantitative estimate of drug-likeness (QED) is 0.797. The van der Waals surface area contributed by atoms with Gasteiger partial charge in [0, 0.05) is 16.0 Å². The van der Waals surface area contributed by atoms with Crippen molar-refractivity contribution >= 4 is 44.8 Å². The van der Waals surface area contributed by atoms with Crippen LogP contribution in [0.1, 0.15) is 5.56 Å². The van der Waals surface area contributed by atoms with Gasteiger partial charge in [0.15, 0.2) is 0 Å². The third-order valence-electron chi connectivity index (χ3n) is 2.33. The number of halogens is 3. The lowest BCUT2D eigenvalue weighted by atomic mass is 10.2. The van der Waals surface area contributed by atoms with E-state index in [0.29, 0.717) is 10.0 Å². The second-order valence-electron chi connectivity index (χ2n) is 3.60. The van der Waals surface area contributed by atoms with Crippen molar-refractivity contribution in [3.05, 3.63) is 62.5 Å². The summed E-state index contributed by atoms with van der Waals surface area (Å²) in [6, 6.07) is 13.6. The molecule has 0 saturated carbocycles. The minimum atomic E-state index is 0.634. The van der Waals surface area contributed by atoms with E-state index in [2.05, 4.69) is 33.4 Å². The van der Waals surface area contributed by atoms with Gasteiger partial charge in [0.1, 0.15) is 0 Å². The summed E-state index contributed by atoms with van der Waals surface area (Å²) < 4.78 is 1.07. The van der Waals surface area contributed by atoms with Gasteiger partial charge in [-0.1, -0.05) is 51.3 Å². The average Bonchev–Trinajstić information content (AvgIpc) is 2.30. The van der Waals surface area contributed by atoms with Crippen molar-refractivity contribution in [1.29, 1.82) is 0 Å². The van der Waals surface area contributed by atoms with Gasteiger partial charge in [-0.05, 0) is 35.9 Å². The highest BCUT2D eigenvalue weighted by atomic mass is 79.9. The molecule has 0 unspecified atom stereocenters. The van der Waals surface area contributed by atoms with Gasteiger partial charge in [0.2, 0.25) is 0 Å². The zero-order chi connectivity index (χ0) is 12.3. The van der Waals surface area contributed by atoms with Crippen molar-refractivity contribution in [2.24, 2.45) is 0 Å². The lowest BCUT2D eigenvalue weighted by Gasteiger charge is -2.08. The lowest BCUT2D eigenvalue weighted by molar-refractivity contribution is 1.15. The van der Waals surface area contributed by atoms with Crippen molar-refractivity contribution in [2.75, 3.05) is 5.32 Å². The normalized spacial score (nSPS) is 10.3. The zero-order valence-corrected chi connectivity index (χ0v) is 12.0. The van der Waals surface area contributed by atoms with Crippen molar-refractivity contribution in [3.8, 4) is 0 Å². The molecule has 0 amide bonds. The molecule has 2 aromatic rings. The Labute approximate surface area is 119 Å². The first-order chi connectivity index (χ1) is 8.15. The Bertz CT molecular complexity index is 511. The van der Waals surface area contributed by atoms with E-state index in [-0.39, 0.29) is 0 Å². The van der Waals surface area contributed by atoms with Crippen LogP contribution < -0.4 is 5.32 Å². The van der Waals surface area contributed by atoms with Gasteiger partial charge in [-0.2, -0.15) is 0 Å². The van der Waals surface area contributed by atoms with E-state index in [4.69, 9.17) is 23.2 Å². The number of hydrogen-bond donors (Lipinski definition) is 1. The molecule has 88 valence electrons. The Balaban J connectivity index is 2.04. The van der Waals surface area contributed by atoms with Crippen LogP contribution in [0.5, 0.6) is 0 Å². The van der Waals surface area contributed by atoms with Crippen LogP contribution in [-0.2, 0) is 6.54 Å². The standard InChI is InChI=1S/C13H10BrCl2N/c14-10-3-1-9(2-4-10)8-17-13-6-5-11(15)7-12(13)16/h1-7,17H,8H2. The van der Waals surface area contributed by atoms with Crippen LogP contribution in [0.2, 0.25) is 10.0 Å². The highest BCUT2D eigenvalue weighted by Crippen LogP contribution is 2.25. The summed E-state index contributed by atoms with van der Waals surface area (Å²) in [5.74, 6) is 0. The molecule has 1 N–H and O–H groups in total. The van der Waals surface area contributed by atoms with Crippen LogP contribution in [0.3, 0.4) is 0 Å². The van der Waals surface area contributed by atoms with E-state index in [1.165, 1.54) is 5.56 Å². The van der Waals surface area contributed by atoms with Crippen molar-refractivity contribution in [3.63, 3.8) is 0 Å². The van der Waals surface area contributed by atoms with Crippen LogP contribution in [0, 0.1) is 0 Å². The summed E-state index contributed by atoms with van der Waals surface area (Å²) in [6.07, 6.45) is 0. The summed E-state index contributed by atoms with van der Waals surface area (Å²) in [7, 11) is 0. The van der Waals surface area contributed by atoms with Crippen LogP contribution >= 0.6 is 39.1 Å². The minimum Gasteiger partial charge on any atom is -0.380 e. The molecule has 0 atom stereocenters. The van der Waals surface area contributed by atoms with Gasteiger partial charge >= 0.3 is 0 Å².